The van der Waals surface area contributed by atoms with Crippen molar-refractivity contribution in [1.29, 1.82) is 0 Å². The molecule has 2 aliphatic heterocycles. The maximum atomic E-state index is 13.6. The van der Waals surface area contributed by atoms with Gasteiger partial charge in [-0.25, -0.2) is 0 Å². The van der Waals surface area contributed by atoms with E-state index in [9.17, 15) is 14.4 Å². The van der Waals surface area contributed by atoms with E-state index < -0.39 is 29.8 Å². The molecule has 0 saturated carbocycles. The number of hydrogen-bond acceptors (Lipinski definition) is 6. The summed E-state index contributed by atoms with van der Waals surface area (Å²) in [6, 6.07) is 12.2. The molecule has 2 aromatic rings. The number of nitrogens with two attached hydrogens (primary N) is 1. The van der Waals surface area contributed by atoms with Crippen molar-refractivity contribution in [1.82, 2.24) is 20.9 Å². The molecule has 33 heavy (non-hydrogen) atoms. The van der Waals surface area contributed by atoms with Gasteiger partial charge < -0.3 is 21.3 Å². The Morgan fingerprint density at radius 1 is 1.18 bits per heavy atom. The average Bonchev–Trinajstić information content (AvgIpc) is 3.16. The van der Waals surface area contributed by atoms with Gasteiger partial charge in [0.1, 0.15) is 18.2 Å². The van der Waals surface area contributed by atoms with E-state index in [4.69, 9.17) is 5.73 Å². The molecule has 4 atom stereocenters. The van der Waals surface area contributed by atoms with Crippen molar-refractivity contribution < 1.29 is 14.4 Å². The topological polar surface area (TPSA) is 129 Å². The number of benzene rings is 2. The Morgan fingerprint density at radius 2 is 1.94 bits per heavy atom. The first-order chi connectivity index (χ1) is 15.8. The van der Waals surface area contributed by atoms with Crippen molar-refractivity contribution in [2.45, 2.75) is 56.5 Å². The van der Waals surface area contributed by atoms with Gasteiger partial charge in [0.15, 0.2) is 0 Å². The zero-order chi connectivity index (χ0) is 23.6. The fourth-order valence-corrected chi connectivity index (χ4v) is 4.86. The van der Waals surface area contributed by atoms with E-state index in [1.807, 2.05) is 49.4 Å². The van der Waals surface area contributed by atoms with Crippen molar-refractivity contribution in [2.75, 3.05) is 18.9 Å². The van der Waals surface area contributed by atoms with Crippen LogP contribution in [0.25, 0.3) is 10.8 Å². The highest BCUT2D eigenvalue weighted by Gasteiger charge is 2.50. The minimum Gasteiger partial charge on any atom is -0.342 e. The molecule has 0 aliphatic carbocycles. The first-order valence-corrected chi connectivity index (χ1v) is 11.4. The Morgan fingerprint density at radius 3 is 2.73 bits per heavy atom. The smallest absolute Gasteiger partial charge is 0.252 e. The zero-order valence-electron chi connectivity index (χ0n) is 19.1. The number of nitrogens with zero attached hydrogens (tertiary/aromatic N) is 1. The van der Waals surface area contributed by atoms with Gasteiger partial charge in [-0.3, -0.25) is 25.0 Å². The number of fused-ring (bicyclic) bond motifs is 2. The van der Waals surface area contributed by atoms with Gasteiger partial charge in [-0.15, -0.1) is 0 Å². The van der Waals surface area contributed by atoms with E-state index in [0.29, 0.717) is 31.5 Å². The van der Waals surface area contributed by atoms with E-state index in [2.05, 4.69) is 21.3 Å². The van der Waals surface area contributed by atoms with Gasteiger partial charge in [0.2, 0.25) is 11.8 Å². The molecule has 2 heterocycles. The Hall–Kier alpha value is -3.01. The van der Waals surface area contributed by atoms with Crippen LogP contribution >= 0.6 is 0 Å². The van der Waals surface area contributed by atoms with Gasteiger partial charge in [-0.2, -0.15) is 0 Å². The Bertz CT molecular complexity index is 1050. The number of amides is 3. The van der Waals surface area contributed by atoms with Crippen molar-refractivity contribution in [3.05, 3.63) is 42.5 Å². The first-order valence-electron chi connectivity index (χ1n) is 11.4. The summed E-state index contributed by atoms with van der Waals surface area (Å²) < 4.78 is 0. The number of anilines is 1. The van der Waals surface area contributed by atoms with Gasteiger partial charge in [-0.05, 0) is 57.7 Å². The van der Waals surface area contributed by atoms with Crippen LogP contribution in [0.15, 0.2) is 42.5 Å². The summed E-state index contributed by atoms with van der Waals surface area (Å²) in [6.07, 6.45) is 1.46. The predicted molar refractivity (Wildman–Crippen MR) is 127 cm³/mol. The number of rotatable bonds is 5. The summed E-state index contributed by atoms with van der Waals surface area (Å²) in [5.74, 6) is -0.943. The summed E-state index contributed by atoms with van der Waals surface area (Å²) in [5, 5.41) is 13.9. The summed E-state index contributed by atoms with van der Waals surface area (Å²) in [4.78, 5) is 41.1. The average molecular weight is 453 g/mol. The fraction of sp³-hybridized carbons (Fsp3) is 0.458. The SMILES string of the molecule is CN[C@@H](N)C(=O)N[C@H]1CCCNC2(C)CC[C@H](C(=O)Nc3cccc4ccccc34)N2C1=O. The third-order valence-electron chi connectivity index (χ3n) is 6.72. The van der Waals surface area contributed by atoms with Crippen LogP contribution in [0.1, 0.15) is 32.6 Å². The van der Waals surface area contributed by atoms with Crippen LogP contribution in [0.2, 0.25) is 0 Å². The highest BCUT2D eigenvalue weighted by Crippen LogP contribution is 2.35. The van der Waals surface area contributed by atoms with E-state index in [1.165, 1.54) is 0 Å². The number of likely N-dealkylation sites (N-methyl/N-ethyl adjacent to an activating group) is 1. The molecule has 4 rings (SSSR count). The minimum absolute atomic E-state index is 0.234. The second-order valence-electron chi connectivity index (χ2n) is 8.95. The predicted octanol–water partition coefficient (Wildman–Crippen LogP) is 0.858. The molecule has 9 nitrogen and oxygen atoms in total. The Balaban J connectivity index is 1.59. The van der Waals surface area contributed by atoms with Gasteiger partial charge in [-0.1, -0.05) is 36.4 Å². The van der Waals surface area contributed by atoms with Gasteiger partial charge in [0.05, 0.1) is 5.66 Å². The molecule has 2 saturated heterocycles. The molecule has 9 heteroatoms. The summed E-state index contributed by atoms with van der Waals surface area (Å²) in [5.41, 5.74) is 5.82. The fourth-order valence-electron chi connectivity index (χ4n) is 4.86. The maximum Gasteiger partial charge on any atom is 0.252 e. The largest absolute Gasteiger partial charge is 0.342 e. The molecule has 176 valence electrons. The summed E-state index contributed by atoms with van der Waals surface area (Å²) >= 11 is 0. The number of carbonyl (C=O) groups excluding carboxylic acids is 3. The van der Waals surface area contributed by atoms with Crippen LogP contribution < -0.4 is 27.0 Å². The van der Waals surface area contributed by atoms with E-state index in [0.717, 1.165) is 17.2 Å². The number of hydrogen-bond donors (Lipinski definition) is 5. The van der Waals surface area contributed by atoms with Crippen molar-refractivity contribution in [2.24, 2.45) is 5.73 Å². The molecule has 0 spiro atoms. The third kappa shape index (κ3) is 4.57. The monoisotopic (exact) mass is 452 g/mol. The van der Waals surface area contributed by atoms with Crippen LogP contribution in [0, 0.1) is 0 Å². The molecule has 2 aliphatic rings. The number of carbonyl (C=O) groups is 3. The van der Waals surface area contributed by atoms with Crippen LogP contribution in [0.3, 0.4) is 0 Å². The van der Waals surface area contributed by atoms with Crippen LogP contribution in [0.5, 0.6) is 0 Å². The summed E-state index contributed by atoms with van der Waals surface area (Å²) in [6.45, 7) is 2.63. The van der Waals surface area contributed by atoms with Crippen LogP contribution in [0.4, 0.5) is 5.69 Å². The minimum atomic E-state index is -0.906. The molecule has 1 unspecified atom stereocenters. The van der Waals surface area contributed by atoms with E-state index >= 15 is 0 Å². The standard InChI is InChI=1S/C24H32N6O3/c1-24-13-12-19(21(31)28-17-10-5-8-15-7-3-4-9-16(15)17)30(24)23(33)18(11-6-14-27-24)29-22(32)20(25)26-2/h3-5,7-10,18-20,26-27H,6,11-14,25H2,1-2H3,(H,28,31)(H,29,32)/t18-,19+,20+,24?/m0/s1. The quantitative estimate of drug-likeness (QED) is 0.428. The lowest BCUT2D eigenvalue weighted by Crippen LogP contribution is -2.65. The lowest BCUT2D eigenvalue weighted by atomic mass is 10.0. The second kappa shape index (κ2) is 9.46. The molecule has 0 radical (unpaired) electrons. The van der Waals surface area contributed by atoms with E-state index in [-0.39, 0.29) is 11.8 Å². The lowest BCUT2D eigenvalue weighted by molar-refractivity contribution is -0.147. The number of nitrogens with one attached hydrogen (secondary N) is 4. The normalized spacial score (nSPS) is 26.3. The molecule has 2 aromatic carbocycles. The van der Waals surface area contributed by atoms with E-state index in [1.54, 1.807) is 11.9 Å². The Kier molecular flexibility index (Phi) is 6.64. The van der Waals surface area contributed by atoms with Crippen LogP contribution in [-0.2, 0) is 14.4 Å². The van der Waals surface area contributed by atoms with Gasteiger partial charge >= 0.3 is 0 Å². The van der Waals surface area contributed by atoms with Crippen molar-refractivity contribution in [3.63, 3.8) is 0 Å². The molecule has 6 N–H and O–H groups in total. The third-order valence-corrected chi connectivity index (χ3v) is 6.72. The molecular formula is C24H32N6O3. The molecule has 0 bridgehead atoms. The van der Waals surface area contributed by atoms with Gasteiger partial charge in [0.25, 0.3) is 5.91 Å². The molecular weight excluding hydrogens is 420 g/mol. The zero-order valence-corrected chi connectivity index (χ0v) is 19.1. The highest BCUT2D eigenvalue weighted by molar-refractivity contribution is 6.05. The first kappa shape index (κ1) is 23.2. The van der Waals surface area contributed by atoms with Gasteiger partial charge in [0, 0.05) is 11.1 Å². The maximum absolute atomic E-state index is 13.6. The molecule has 2 fully saturated rings. The molecule has 3 amide bonds. The second-order valence-corrected chi connectivity index (χ2v) is 8.95. The highest BCUT2D eigenvalue weighted by atomic mass is 16.2. The Labute approximate surface area is 193 Å². The van der Waals surface area contributed by atoms with Crippen molar-refractivity contribution >= 4 is 34.2 Å². The molecule has 0 aromatic heterocycles. The van der Waals surface area contributed by atoms with Crippen molar-refractivity contribution in [3.8, 4) is 0 Å². The summed E-state index contributed by atoms with van der Waals surface area (Å²) in [7, 11) is 1.58. The lowest BCUT2D eigenvalue weighted by Gasteiger charge is -2.42. The van der Waals surface area contributed by atoms with Crippen LogP contribution in [-0.4, -0.2) is 60.1 Å².